The number of carbonyl (C=O) groups is 1. The van der Waals surface area contributed by atoms with Crippen LogP contribution in [-0.2, 0) is 11.2 Å². The molecule has 0 aromatic heterocycles. The van der Waals surface area contributed by atoms with Crippen LogP contribution >= 0.6 is 12.2 Å². The summed E-state index contributed by atoms with van der Waals surface area (Å²) in [4.78, 5) is 14.7. The lowest BCUT2D eigenvalue weighted by atomic mass is 10.1. The predicted octanol–water partition coefficient (Wildman–Crippen LogP) is 2.29. The molecule has 114 valence electrons. The van der Waals surface area contributed by atoms with Crippen LogP contribution in [0.25, 0.3) is 0 Å². The molecule has 1 saturated heterocycles. The van der Waals surface area contributed by atoms with Gasteiger partial charge in [0.2, 0.25) is 0 Å². The maximum absolute atomic E-state index is 12.3. The number of rotatable bonds is 5. The molecule has 2 rings (SSSR count). The molecule has 21 heavy (non-hydrogen) atoms. The quantitative estimate of drug-likeness (QED) is 0.848. The zero-order valence-electron chi connectivity index (χ0n) is 12.4. The molecule has 1 aliphatic rings. The Morgan fingerprint density at radius 1 is 1.29 bits per heavy atom. The monoisotopic (exact) mass is 306 g/mol. The zero-order valence-corrected chi connectivity index (χ0v) is 13.2. The molecule has 1 atom stereocenters. The lowest BCUT2D eigenvalue weighted by Crippen LogP contribution is -2.43. The lowest BCUT2D eigenvalue weighted by Gasteiger charge is -2.29. The number of hydrogen-bond donors (Lipinski definition) is 1. The lowest BCUT2D eigenvalue weighted by molar-refractivity contribution is -0.138. The van der Waals surface area contributed by atoms with Gasteiger partial charge in [-0.1, -0.05) is 24.4 Å². The number of nitrogens with two attached hydrogens (primary N) is 1. The van der Waals surface area contributed by atoms with Crippen molar-refractivity contribution in [2.24, 2.45) is 5.73 Å². The van der Waals surface area contributed by atoms with Crippen LogP contribution in [0.15, 0.2) is 24.3 Å². The first kappa shape index (κ1) is 15.8. The number of amides is 1. The number of hydrogen-bond acceptors (Lipinski definition) is 3. The van der Waals surface area contributed by atoms with E-state index in [0.717, 1.165) is 31.5 Å². The highest BCUT2D eigenvalue weighted by Crippen LogP contribution is 2.16. The number of nitrogens with zero attached hydrogens (tertiary/aromatic N) is 1. The highest BCUT2D eigenvalue weighted by molar-refractivity contribution is 7.80. The van der Waals surface area contributed by atoms with E-state index in [2.05, 4.69) is 0 Å². The van der Waals surface area contributed by atoms with Crippen molar-refractivity contribution >= 4 is 23.1 Å². The van der Waals surface area contributed by atoms with Crippen LogP contribution in [0.4, 0.5) is 0 Å². The van der Waals surface area contributed by atoms with Crippen molar-refractivity contribution in [1.29, 1.82) is 0 Å². The van der Waals surface area contributed by atoms with Crippen molar-refractivity contribution in [1.82, 2.24) is 4.90 Å². The van der Waals surface area contributed by atoms with Crippen molar-refractivity contribution in [3.05, 3.63) is 29.8 Å². The Morgan fingerprint density at radius 3 is 2.48 bits per heavy atom. The molecule has 1 aliphatic heterocycles. The summed E-state index contributed by atoms with van der Waals surface area (Å²) in [5.41, 5.74) is 6.56. The molecule has 0 saturated carbocycles. The van der Waals surface area contributed by atoms with Gasteiger partial charge in [-0.25, -0.2) is 0 Å². The van der Waals surface area contributed by atoms with Gasteiger partial charge in [0.1, 0.15) is 5.75 Å². The molecule has 1 unspecified atom stereocenters. The van der Waals surface area contributed by atoms with Crippen LogP contribution in [-0.4, -0.2) is 35.0 Å². The summed E-state index contributed by atoms with van der Waals surface area (Å²) in [5.74, 6) is 0.765. The maximum atomic E-state index is 12.3. The SMILES string of the molecule is CC(Oc1ccc(CC(N)=S)cc1)C(=O)N1CCCCC1. The average Bonchev–Trinajstić information content (AvgIpc) is 2.49. The summed E-state index contributed by atoms with van der Waals surface area (Å²) < 4.78 is 5.73. The Hall–Kier alpha value is -1.62. The van der Waals surface area contributed by atoms with Crippen LogP contribution in [0.5, 0.6) is 5.75 Å². The number of thiocarbonyl (C=S) groups is 1. The summed E-state index contributed by atoms with van der Waals surface area (Å²) in [7, 11) is 0. The van der Waals surface area contributed by atoms with Crippen LogP contribution in [0, 0.1) is 0 Å². The molecule has 1 fully saturated rings. The van der Waals surface area contributed by atoms with Crippen molar-refractivity contribution in [2.75, 3.05) is 13.1 Å². The number of piperidine rings is 1. The third kappa shape index (κ3) is 4.70. The first-order valence-electron chi connectivity index (χ1n) is 7.39. The molecule has 1 aromatic rings. The summed E-state index contributed by atoms with van der Waals surface area (Å²) >= 11 is 4.88. The van der Waals surface area contributed by atoms with E-state index < -0.39 is 6.10 Å². The van der Waals surface area contributed by atoms with Gasteiger partial charge in [-0.05, 0) is 43.9 Å². The molecule has 1 amide bonds. The molecule has 1 heterocycles. The van der Waals surface area contributed by atoms with Gasteiger partial charge < -0.3 is 15.4 Å². The second-order valence-corrected chi connectivity index (χ2v) is 5.96. The molecule has 1 aromatic carbocycles. The second-order valence-electron chi connectivity index (χ2n) is 5.43. The van der Waals surface area contributed by atoms with Crippen LogP contribution in [0.1, 0.15) is 31.7 Å². The second kappa shape index (κ2) is 7.41. The third-order valence-electron chi connectivity index (χ3n) is 3.63. The molecule has 4 nitrogen and oxygen atoms in total. The summed E-state index contributed by atoms with van der Waals surface area (Å²) in [6, 6.07) is 7.56. The van der Waals surface area contributed by atoms with Crippen LogP contribution in [0.2, 0.25) is 0 Å². The fraction of sp³-hybridized carbons (Fsp3) is 0.500. The average molecular weight is 306 g/mol. The minimum absolute atomic E-state index is 0.0712. The highest BCUT2D eigenvalue weighted by atomic mass is 32.1. The molecule has 0 radical (unpaired) electrons. The largest absolute Gasteiger partial charge is 0.481 e. The number of ether oxygens (including phenoxy) is 1. The Kier molecular flexibility index (Phi) is 5.56. The van der Waals surface area contributed by atoms with E-state index in [1.807, 2.05) is 29.2 Å². The molecule has 0 aliphatic carbocycles. The first-order chi connectivity index (χ1) is 10.1. The normalized spacial score (nSPS) is 16.3. The Labute approximate surface area is 131 Å². The Bertz CT molecular complexity index is 496. The smallest absolute Gasteiger partial charge is 0.263 e. The Morgan fingerprint density at radius 2 is 1.90 bits per heavy atom. The van der Waals surface area contributed by atoms with E-state index in [0.29, 0.717) is 17.2 Å². The van der Waals surface area contributed by atoms with Crippen LogP contribution < -0.4 is 10.5 Å². The summed E-state index contributed by atoms with van der Waals surface area (Å²) in [6.45, 7) is 3.50. The summed E-state index contributed by atoms with van der Waals surface area (Å²) in [6.07, 6.45) is 3.52. The van der Waals surface area contributed by atoms with E-state index in [9.17, 15) is 4.79 Å². The molecule has 5 heteroatoms. The molecular weight excluding hydrogens is 284 g/mol. The van der Waals surface area contributed by atoms with E-state index in [-0.39, 0.29) is 5.91 Å². The minimum atomic E-state index is -0.454. The van der Waals surface area contributed by atoms with Gasteiger partial charge in [0.25, 0.3) is 5.91 Å². The highest BCUT2D eigenvalue weighted by Gasteiger charge is 2.23. The van der Waals surface area contributed by atoms with Crippen molar-refractivity contribution in [2.45, 2.75) is 38.7 Å². The molecular formula is C16H22N2O2S. The predicted molar refractivity (Wildman–Crippen MR) is 87.5 cm³/mol. The van der Waals surface area contributed by atoms with E-state index in [4.69, 9.17) is 22.7 Å². The standard InChI is InChI=1S/C16H22N2O2S/c1-12(16(19)18-9-3-2-4-10-18)20-14-7-5-13(6-8-14)11-15(17)21/h5-8,12H,2-4,9-11H2,1H3,(H2,17,21). The molecule has 0 spiro atoms. The van der Waals surface area contributed by atoms with E-state index in [1.54, 1.807) is 6.92 Å². The van der Waals surface area contributed by atoms with Gasteiger partial charge in [-0.15, -0.1) is 0 Å². The maximum Gasteiger partial charge on any atom is 0.263 e. The number of benzene rings is 1. The van der Waals surface area contributed by atoms with Crippen molar-refractivity contribution < 1.29 is 9.53 Å². The van der Waals surface area contributed by atoms with E-state index in [1.165, 1.54) is 6.42 Å². The number of likely N-dealkylation sites (tertiary alicyclic amines) is 1. The van der Waals surface area contributed by atoms with Crippen molar-refractivity contribution in [3.63, 3.8) is 0 Å². The Balaban J connectivity index is 1.90. The van der Waals surface area contributed by atoms with Gasteiger partial charge in [0.05, 0.1) is 4.99 Å². The number of carbonyl (C=O) groups excluding carboxylic acids is 1. The third-order valence-corrected chi connectivity index (χ3v) is 3.77. The van der Waals surface area contributed by atoms with Gasteiger partial charge in [0.15, 0.2) is 6.10 Å². The summed E-state index contributed by atoms with van der Waals surface area (Å²) in [5, 5.41) is 0. The van der Waals surface area contributed by atoms with Gasteiger partial charge in [0, 0.05) is 19.5 Å². The molecule has 2 N–H and O–H groups in total. The fourth-order valence-corrected chi connectivity index (χ4v) is 2.68. The fourth-order valence-electron chi connectivity index (χ4n) is 2.51. The van der Waals surface area contributed by atoms with Crippen molar-refractivity contribution in [3.8, 4) is 5.75 Å². The van der Waals surface area contributed by atoms with Gasteiger partial charge in [-0.3, -0.25) is 4.79 Å². The van der Waals surface area contributed by atoms with Gasteiger partial charge >= 0.3 is 0 Å². The first-order valence-corrected chi connectivity index (χ1v) is 7.80. The minimum Gasteiger partial charge on any atom is -0.481 e. The van der Waals surface area contributed by atoms with E-state index >= 15 is 0 Å². The zero-order chi connectivity index (χ0) is 15.2. The topological polar surface area (TPSA) is 55.6 Å². The molecule has 0 bridgehead atoms. The van der Waals surface area contributed by atoms with Gasteiger partial charge in [-0.2, -0.15) is 0 Å². The van der Waals surface area contributed by atoms with Crippen LogP contribution in [0.3, 0.4) is 0 Å².